The van der Waals surface area contributed by atoms with Gasteiger partial charge in [0.25, 0.3) is 17.7 Å². The second kappa shape index (κ2) is 13.7. The van der Waals surface area contributed by atoms with Crippen LogP contribution in [0.2, 0.25) is 0 Å². The Kier molecular flexibility index (Phi) is 11.9. The molecule has 0 spiro atoms. The van der Waals surface area contributed by atoms with Crippen molar-refractivity contribution in [1.29, 1.82) is 0 Å². The first-order chi connectivity index (χ1) is 17.8. The molecule has 3 amide bonds. The van der Waals surface area contributed by atoms with Crippen molar-refractivity contribution in [1.82, 2.24) is 14.7 Å². The molecule has 1 heterocycles. The van der Waals surface area contributed by atoms with Crippen molar-refractivity contribution < 1.29 is 43.0 Å². The third kappa shape index (κ3) is 7.92. The largest absolute Gasteiger partial charge is 0.451 e. The molecule has 12 heteroatoms. The van der Waals surface area contributed by atoms with E-state index in [2.05, 4.69) is 0 Å². The molecule has 0 aromatic carbocycles. The van der Waals surface area contributed by atoms with Crippen LogP contribution in [0.15, 0.2) is 0 Å². The number of hydrogen-bond acceptors (Lipinski definition) is 9. The van der Waals surface area contributed by atoms with Crippen LogP contribution in [0.3, 0.4) is 0 Å². The molecule has 1 saturated heterocycles. The van der Waals surface area contributed by atoms with E-state index in [0.717, 1.165) is 14.7 Å². The number of carbonyl (C=O) groups excluding carboxylic acids is 6. The van der Waals surface area contributed by atoms with Crippen LogP contribution in [0.4, 0.5) is 0 Å². The molecular weight excluding hydrogens is 510 g/mol. The summed E-state index contributed by atoms with van der Waals surface area (Å²) in [6.07, 6.45) is -3.85. The number of nitrogens with zero attached hydrogens (tertiary/aromatic N) is 3. The van der Waals surface area contributed by atoms with E-state index in [9.17, 15) is 28.8 Å². The highest BCUT2D eigenvalue weighted by atomic mass is 16.6. The summed E-state index contributed by atoms with van der Waals surface area (Å²) in [6, 6.07) is -3.26. The highest BCUT2D eigenvalue weighted by molar-refractivity contribution is 5.93. The Bertz CT molecular complexity index is 830. The Balaban J connectivity index is 3.61. The Labute approximate surface area is 231 Å². The number of ether oxygens (including phenoxy) is 3. The number of esters is 3. The van der Waals surface area contributed by atoms with Crippen LogP contribution in [-0.2, 0) is 43.0 Å². The third-order valence-electron chi connectivity index (χ3n) is 6.84. The number of rotatable bonds is 3. The third-order valence-corrected chi connectivity index (χ3v) is 6.84. The molecule has 0 aromatic heterocycles. The summed E-state index contributed by atoms with van der Waals surface area (Å²) < 4.78 is 16.3. The molecule has 0 aromatic rings. The lowest BCUT2D eigenvalue weighted by atomic mass is 10.0. The van der Waals surface area contributed by atoms with E-state index in [1.54, 1.807) is 41.5 Å². The van der Waals surface area contributed by atoms with Crippen molar-refractivity contribution in [2.24, 2.45) is 17.8 Å². The smallest absolute Gasteiger partial charge is 0.329 e. The lowest BCUT2D eigenvalue weighted by Crippen LogP contribution is -2.55. The predicted molar refractivity (Wildman–Crippen MR) is 141 cm³/mol. The summed E-state index contributed by atoms with van der Waals surface area (Å²) in [4.78, 5) is 82.4. The molecule has 1 aliphatic heterocycles. The van der Waals surface area contributed by atoms with Gasteiger partial charge in [-0.2, -0.15) is 0 Å². The van der Waals surface area contributed by atoms with Crippen molar-refractivity contribution in [3.63, 3.8) is 0 Å². The van der Waals surface area contributed by atoms with Gasteiger partial charge < -0.3 is 28.9 Å². The van der Waals surface area contributed by atoms with Crippen molar-refractivity contribution in [3.8, 4) is 0 Å². The zero-order valence-corrected chi connectivity index (χ0v) is 25.2. The van der Waals surface area contributed by atoms with Crippen molar-refractivity contribution in [2.75, 3.05) is 21.1 Å². The van der Waals surface area contributed by atoms with E-state index in [4.69, 9.17) is 14.2 Å². The predicted octanol–water partition coefficient (Wildman–Crippen LogP) is 1.24. The molecule has 1 rings (SSSR count). The number of amides is 3. The first-order valence-electron chi connectivity index (χ1n) is 13.3. The number of likely N-dealkylation sites (N-methyl/N-ethyl adjacent to an activating group) is 3. The molecule has 0 radical (unpaired) electrons. The molecular formula is C27H45N3O9. The molecule has 222 valence electrons. The fourth-order valence-corrected chi connectivity index (χ4v) is 4.79. The van der Waals surface area contributed by atoms with Crippen LogP contribution < -0.4 is 0 Å². The van der Waals surface area contributed by atoms with Crippen molar-refractivity contribution >= 4 is 35.6 Å². The average Bonchev–Trinajstić information content (AvgIpc) is 2.80. The van der Waals surface area contributed by atoms with Crippen LogP contribution in [0, 0.1) is 17.8 Å². The Hall–Kier alpha value is -3.18. The monoisotopic (exact) mass is 555 g/mol. The minimum Gasteiger partial charge on any atom is -0.451 e. The van der Waals surface area contributed by atoms with Crippen LogP contribution in [0.5, 0.6) is 0 Å². The maximum absolute atomic E-state index is 13.2. The maximum Gasteiger partial charge on any atom is 0.329 e. The van der Waals surface area contributed by atoms with E-state index >= 15 is 0 Å². The van der Waals surface area contributed by atoms with Gasteiger partial charge in [0, 0.05) is 21.1 Å². The Morgan fingerprint density at radius 3 is 0.795 bits per heavy atom. The van der Waals surface area contributed by atoms with E-state index in [1.165, 1.54) is 41.9 Å². The fraction of sp³-hybridized carbons (Fsp3) is 0.778. The van der Waals surface area contributed by atoms with Gasteiger partial charge in [0.15, 0.2) is 18.3 Å². The highest BCUT2D eigenvalue weighted by Crippen LogP contribution is 2.20. The van der Waals surface area contributed by atoms with Gasteiger partial charge in [0.05, 0.1) is 0 Å². The number of carbonyl (C=O) groups is 6. The van der Waals surface area contributed by atoms with E-state index < -0.39 is 89.8 Å². The first-order valence-corrected chi connectivity index (χ1v) is 13.3. The summed E-state index contributed by atoms with van der Waals surface area (Å²) in [6.45, 7) is 14.3. The maximum atomic E-state index is 13.2. The van der Waals surface area contributed by atoms with Crippen molar-refractivity contribution in [2.45, 2.75) is 98.8 Å². The normalized spacial score (nSPS) is 29.5. The SMILES string of the molecule is CC1OC(=O)C(C(C)C)N(C)C(=O)C(C)OC(=O)C(C(C)C)N(C)C(=O)C(C)OC(=O)C(C(C)C)N(C)C1=O. The molecule has 39 heavy (non-hydrogen) atoms. The van der Waals surface area contributed by atoms with Gasteiger partial charge in [-0.15, -0.1) is 0 Å². The van der Waals surface area contributed by atoms with Crippen LogP contribution in [0.1, 0.15) is 62.3 Å². The van der Waals surface area contributed by atoms with Gasteiger partial charge in [-0.1, -0.05) is 41.5 Å². The standard InChI is InChI=1S/C27H45N3O9/c1-13(2)19-25(34)37-17(8)23(32)29(11)21(15(5)6)27(36)39-18(9)24(33)30(12)20(14(3)4)26(35)38-16(7)22(31)28(19)10/h13-21H,1-12H3. The van der Waals surface area contributed by atoms with E-state index in [-0.39, 0.29) is 0 Å². The molecule has 1 aliphatic rings. The van der Waals surface area contributed by atoms with Gasteiger partial charge in [-0.3, -0.25) is 14.4 Å². The van der Waals surface area contributed by atoms with Crippen molar-refractivity contribution in [3.05, 3.63) is 0 Å². The average molecular weight is 556 g/mol. The molecule has 0 bridgehead atoms. The topological polar surface area (TPSA) is 140 Å². The number of hydrogen-bond donors (Lipinski definition) is 0. The molecule has 0 saturated carbocycles. The molecule has 1 fully saturated rings. The van der Waals surface area contributed by atoms with Crippen LogP contribution in [-0.4, -0.2) is 108 Å². The van der Waals surface area contributed by atoms with Crippen LogP contribution >= 0.6 is 0 Å². The molecule has 6 unspecified atom stereocenters. The lowest BCUT2D eigenvalue weighted by Gasteiger charge is -2.36. The zero-order chi connectivity index (χ0) is 30.5. The van der Waals surface area contributed by atoms with Gasteiger partial charge in [-0.05, 0) is 38.5 Å². The van der Waals surface area contributed by atoms with Gasteiger partial charge in [0.1, 0.15) is 18.1 Å². The highest BCUT2D eigenvalue weighted by Gasteiger charge is 2.41. The minimum atomic E-state index is -1.28. The van der Waals surface area contributed by atoms with Gasteiger partial charge in [-0.25, -0.2) is 14.4 Å². The minimum absolute atomic E-state index is 0.410. The molecule has 0 aliphatic carbocycles. The summed E-state index contributed by atoms with van der Waals surface area (Å²) >= 11 is 0. The Morgan fingerprint density at radius 1 is 0.462 bits per heavy atom. The first kappa shape index (κ1) is 33.8. The zero-order valence-electron chi connectivity index (χ0n) is 25.2. The summed E-state index contributed by atoms with van der Waals surface area (Å²) in [5, 5.41) is 0. The Morgan fingerprint density at radius 2 is 0.641 bits per heavy atom. The summed E-state index contributed by atoms with van der Waals surface area (Å²) in [5.41, 5.74) is 0. The fourth-order valence-electron chi connectivity index (χ4n) is 4.79. The second-order valence-electron chi connectivity index (χ2n) is 11.2. The summed E-state index contributed by atoms with van der Waals surface area (Å²) in [7, 11) is 4.16. The van der Waals surface area contributed by atoms with E-state index in [1.807, 2.05) is 0 Å². The van der Waals surface area contributed by atoms with Gasteiger partial charge >= 0.3 is 17.9 Å². The lowest BCUT2D eigenvalue weighted by molar-refractivity contribution is -0.177. The number of cyclic esters (lactones) is 3. The molecule has 0 N–H and O–H groups in total. The second-order valence-corrected chi connectivity index (χ2v) is 11.2. The molecule has 6 atom stereocenters. The van der Waals surface area contributed by atoms with E-state index in [0.29, 0.717) is 0 Å². The van der Waals surface area contributed by atoms with Gasteiger partial charge in [0.2, 0.25) is 0 Å². The summed E-state index contributed by atoms with van der Waals surface area (Å²) in [5.74, 6) is -5.67. The molecule has 12 nitrogen and oxygen atoms in total. The quantitative estimate of drug-likeness (QED) is 0.372. The van der Waals surface area contributed by atoms with Crippen LogP contribution in [0.25, 0.3) is 0 Å².